The summed E-state index contributed by atoms with van der Waals surface area (Å²) in [4.78, 5) is 25.5. The van der Waals surface area contributed by atoms with Crippen molar-refractivity contribution < 1.29 is 19.1 Å². The number of hydrogen-bond donors (Lipinski definition) is 2. The number of hydrogen-bond acceptors (Lipinski definition) is 5. The van der Waals surface area contributed by atoms with Crippen molar-refractivity contribution in [3.05, 3.63) is 24.3 Å². The van der Waals surface area contributed by atoms with Crippen molar-refractivity contribution in [1.29, 1.82) is 0 Å². The van der Waals surface area contributed by atoms with Gasteiger partial charge < -0.3 is 19.7 Å². The molecule has 2 heterocycles. The number of carbonyl (C=O) groups excluding carboxylic acids is 2. The lowest BCUT2D eigenvalue weighted by atomic mass is 10.2. The highest BCUT2D eigenvalue weighted by molar-refractivity contribution is 6.06. The Morgan fingerprint density at radius 1 is 1.33 bits per heavy atom. The van der Waals surface area contributed by atoms with E-state index in [1.807, 2.05) is 0 Å². The zero-order valence-corrected chi connectivity index (χ0v) is 13.5. The molecule has 0 spiro atoms. The van der Waals surface area contributed by atoms with Crippen LogP contribution in [0.4, 0.5) is 22.0 Å². The van der Waals surface area contributed by atoms with E-state index in [9.17, 15) is 9.59 Å². The first-order valence-corrected chi connectivity index (χ1v) is 7.18. The van der Waals surface area contributed by atoms with E-state index in [0.717, 1.165) is 0 Å². The zero-order valence-electron chi connectivity index (χ0n) is 13.5. The van der Waals surface area contributed by atoms with E-state index in [0.29, 0.717) is 28.8 Å². The first-order chi connectivity index (χ1) is 11.5. The monoisotopic (exact) mass is 331 g/mol. The van der Waals surface area contributed by atoms with Gasteiger partial charge in [-0.1, -0.05) is 6.07 Å². The average molecular weight is 331 g/mol. The molecular weight excluding hydrogens is 314 g/mol. The highest BCUT2D eigenvalue weighted by Gasteiger charge is 2.25. The molecule has 0 saturated heterocycles. The third-order valence-corrected chi connectivity index (χ3v) is 3.62. The number of anilines is 3. The minimum absolute atomic E-state index is 0.0199. The van der Waals surface area contributed by atoms with Gasteiger partial charge in [-0.15, -0.1) is 5.10 Å². The zero-order chi connectivity index (χ0) is 17.3. The number of aryl methyl sites for hydroxylation is 1. The lowest BCUT2D eigenvalue weighted by Gasteiger charge is -2.28. The summed E-state index contributed by atoms with van der Waals surface area (Å²) in [6.07, 6.45) is 0. The third kappa shape index (κ3) is 2.83. The number of fused-ring (bicyclic) bond motifs is 1. The fourth-order valence-corrected chi connectivity index (χ4v) is 2.37. The van der Waals surface area contributed by atoms with Crippen LogP contribution in [-0.2, 0) is 11.8 Å². The Hall–Kier alpha value is -3.23. The van der Waals surface area contributed by atoms with Crippen LogP contribution in [0.3, 0.4) is 0 Å². The second-order valence-corrected chi connectivity index (χ2v) is 5.17. The number of para-hydroxylation sites is 1. The molecule has 0 saturated carbocycles. The molecule has 1 aromatic heterocycles. The highest BCUT2D eigenvalue weighted by atomic mass is 16.5. The molecule has 2 N–H and O–H groups in total. The summed E-state index contributed by atoms with van der Waals surface area (Å²) in [6.45, 7) is -0.0199. The van der Waals surface area contributed by atoms with Crippen LogP contribution in [0.2, 0.25) is 0 Å². The summed E-state index contributed by atoms with van der Waals surface area (Å²) >= 11 is 0. The lowest BCUT2D eigenvalue weighted by Crippen LogP contribution is -2.36. The second kappa shape index (κ2) is 6.11. The van der Waals surface area contributed by atoms with Gasteiger partial charge in [0.1, 0.15) is 17.3 Å². The van der Waals surface area contributed by atoms with Gasteiger partial charge in [0.05, 0.1) is 12.8 Å². The van der Waals surface area contributed by atoms with Gasteiger partial charge in [-0.05, 0) is 12.1 Å². The molecule has 3 amide bonds. The van der Waals surface area contributed by atoms with E-state index in [2.05, 4.69) is 15.7 Å². The first-order valence-electron chi connectivity index (χ1n) is 7.18. The molecule has 1 aromatic carbocycles. The van der Waals surface area contributed by atoms with Crippen molar-refractivity contribution in [3.8, 4) is 11.6 Å². The van der Waals surface area contributed by atoms with Crippen molar-refractivity contribution >= 4 is 29.1 Å². The lowest BCUT2D eigenvalue weighted by molar-refractivity contribution is -0.120. The van der Waals surface area contributed by atoms with Crippen molar-refractivity contribution in [2.75, 3.05) is 36.3 Å². The number of likely N-dealkylation sites (N-methyl/N-ethyl adjacent to an activating group) is 1. The Labute approximate surface area is 138 Å². The maximum absolute atomic E-state index is 12.3. The van der Waals surface area contributed by atoms with Crippen LogP contribution in [0.25, 0.3) is 0 Å². The molecule has 126 valence electrons. The van der Waals surface area contributed by atoms with Gasteiger partial charge >= 0.3 is 6.03 Å². The molecule has 2 aromatic rings. The molecule has 0 unspecified atom stereocenters. The Bertz CT molecular complexity index is 801. The van der Waals surface area contributed by atoms with Gasteiger partial charge in [0.2, 0.25) is 5.88 Å². The largest absolute Gasteiger partial charge is 0.481 e. The molecule has 24 heavy (non-hydrogen) atoms. The molecule has 9 nitrogen and oxygen atoms in total. The molecule has 0 bridgehead atoms. The molecule has 0 atom stereocenters. The minimum Gasteiger partial charge on any atom is -0.481 e. The number of carbonyl (C=O) groups is 2. The number of benzene rings is 1. The van der Waals surface area contributed by atoms with E-state index in [4.69, 9.17) is 9.47 Å². The van der Waals surface area contributed by atoms with Crippen molar-refractivity contribution in [3.63, 3.8) is 0 Å². The predicted octanol–water partition coefficient (Wildman–Crippen LogP) is 1.43. The maximum Gasteiger partial charge on any atom is 0.324 e. The number of ether oxygens (including phenoxy) is 2. The number of urea groups is 1. The fraction of sp³-hybridized carbons (Fsp3) is 0.267. The fourth-order valence-electron chi connectivity index (χ4n) is 2.37. The summed E-state index contributed by atoms with van der Waals surface area (Å²) < 4.78 is 11.9. The Morgan fingerprint density at radius 3 is 2.83 bits per heavy atom. The number of nitrogens with zero attached hydrogens (tertiary/aromatic N) is 3. The Balaban J connectivity index is 1.80. The van der Waals surface area contributed by atoms with Gasteiger partial charge in [0, 0.05) is 20.2 Å². The van der Waals surface area contributed by atoms with Gasteiger partial charge in [-0.2, -0.15) is 0 Å². The Kier molecular flexibility index (Phi) is 3.98. The molecule has 0 aliphatic carbocycles. The molecule has 9 heteroatoms. The second-order valence-electron chi connectivity index (χ2n) is 5.17. The topological polar surface area (TPSA) is 97.7 Å². The standard InChI is InChI=1S/C15H17N5O4/c1-19-13(21)8-24-10-6-4-5-9(14(10)19)16-15(22)17-11-7-12(23-3)18-20(11)2/h4-7H,8H2,1-3H3,(H2,16,17,22). The van der Waals surface area contributed by atoms with Crippen LogP contribution in [0.15, 0.2) is 24.3 Å². The van der Waals surface area contributed by atoms with E-state index in [-0.39, 0.29) is 12.5 Å². The SMILES string of the molecule is COc1cc(NC(=O)Nc2cccc3c2N(C)C(=O)CO3)n(C)n1. The van der Waals surface area contributed by atoms with Crippen molar-refractivity contribution in [2.45, 2.75) is 0 Å². The number of rotatable bonds is 3. The van der Waals surface area contributed by atoms with E-state index < -0.39 is 6.03 Å². The van der Waals surface area contributed by atoms with Crippen LogP contribution < -0.4 is 25.0 Å². The molecule has 0 radical (unpaired) electrons. The van der Waals surface area contributed by atoms with Crippen molar-refractivity contribution in [2.24, 2.45) is 7.05 Å². The average Bonchev–Trinajstić information content (AvgIpc) is 2.91. The van der Waals surface area contributed by atoms with Crippen LogP contribution in [-0.4, -0.2) is 42.5 Å². The maximum atomic E-state index is 12.3. The van der Waals surface area contributed by atoms with E-state index >= 15 is 0 Å². The van der Waals surface area contributed by atoms with Crippen LogP contribution >= 0.6 is 0 Å². The van der Waals surface area contributed by atoms with Crippen LogP contribution in [0.5, 0.6) is 11.6 Å². The number of nitrogens with one attached hydrogen (secondary N) is 2. The summed E-state index contributed by atoms with van der Waals surface area (Å²) in [5, 5.41) is 9.45. The van der Waals surface area contributed by atoms with Crippen LogP contribution in [0, 0.1) is 0 Å². The third-order valence-electron chi connectivity index (χ3n) is 3.62. The summed E-state index contributed by atoms with van der Waals surface area (Å²) in [6, 6.07) is 6.30. The normalized spacial score (nSPS) is 13.1. The first kappa shape index (κ1) is 15.7. The number of methoxy groups -OCH3 is 1. The number of aromatic nitrogens is 2. The summed E-state index contributed by atoms with van der Waals surface area (Å²) in [5.41, 5.74) is 0.987. The molecular formula is C15H17N5O4. The van der Waals surface area contributed by atoms with E-state index in [1.54, 1.807) is 38.4 Å². The van der Waals surface area contributed by atoms with Crippen LogP contribution in [0.1, 0.15) is 0 Å². The van der Waals surface area contributed by atoms with Gasteiger partial charge in [-0.25, -0.2) is 9.48 Å². The smallest absolute Gasteiger partial charge is 0.324 e. The molecule has 1 aliphatic rings. The summed E-state index contributed by atoms with van der Waals surface area (Å²) in [7, 11) is 4.82. The quantitative estimate of drug-likeness (QED) is 0.886. The number of amides is 3. The summed E-state index contributed by atoms with van der Waals surface area (Å²) in [5.74, 6) is 1.21. The van der Waals surface area contributed by atoms with E-state index in [1.165, 1.54) is 16.7 Å². The predicted molar refractivity (Wildman–Crippen MR) is 87.7 cm³/mol. The molecule has 3 rings (SSSR count). The van der Waals surface area contributed by atoms with Crippen molar-refractivity contribution in [1.82, 2.24) is 9.78 Å². The molecule has 1 aliphatic heterocycles. The van der Waals surface area contributed by atoms with Gasteiger partial charge in [-0.3, -0.25) is 10.1 Å². The highest BCUT2D eigenvalue weighted by Crippen LogP contribution is 2.38. The minimum atomic E-state index is -0.472. The Morgan fingerprint density at radius 2 is 2.12 bits per heavy atom. The van der Waals surface area contributed by atoms with Gasteiger partial charge in [0.25, 0.3) is 5.91 Å². The van der Waals surface area contributed by atoms with Gasteiger partial charge in [0.15, 0.2) is 6.61 Å². The molecule has 0 fully saturated rings.